The second kappa shape index (κ2) is 7.30. The van der Waals surface area contributed by atoms with E-state index in [1.54, 1.807) is 7.11 Å². The summed E-state index contributed by atoms with van der Waals surface area (Å²) in [5, 5.41) is 13.2. The molecule has 13 heavy (non-hydrogen) atoms. The van der Waals surface area contributed by atoms with Crippen molar-refractivity contribution in [3.63, 3.8) is 0 Å². The zero-order chi connectivity index (χ0) is 10.2. The fraction of sp³-hybridized carbons (Fsp3) is 1.00. The first kappa shape index (κ1) is 12.9. The van der Waals surface area contributed by atoms with E-state index >= 15 is 0 Å². The highest BCUT2D eigenvalue weighted by Gasteiger charge is 2.22. The van der Waals surface area contributed by atoms with Gasteiger partial charge in [0.15, 0.2) is 0 Å². The molecule has 0 aliphatic heterocycles. The van der Waals surface area contributed by atoms with E-state index in [1.165, 1.54) is 0 Å². The maximum atomic E-state index is 10.0. The molecule has 0 amide bonds. The van der Waals surface area contributed by atoms with Gasteiger partial charge in [-0.3, -0.25) is 0 Å². The number of aliphatic hydroxyl groups is 1. The van der Waals surface area contributed by atoms with Gasteiger partial charge in [-0.25, -0.2) is 0 Å². The van der Waals surface area contributed by atoms with Crippen LogP contribution in [0.2, 0.25) is 0 Å². The lowest BCUT2D eigenvalue weighted by atomic mass is 9.95. The normalized spacial score (nSPS) is 15.7. The average Bonchev–Trinajstić information content (AvgIpc) is 2.13. The second-order valence-electron chi connectivity index (χ2n) is 3.50. The van der Waals surface area contributed by atoms with Crippen molar-refractivity contribution in [2.75, 3.05) is 26.8 Å². The minimum Gasteiger partial charge on any atom is -0.389 e. The third-order valence-corrected chi connectivity index (χ3v) is 2.31. The smallest absolute Gasteiger partial charge is 0.0768 e. The average molecular weight is 189 g/mol. The Bertz CT molecular complexity index is 119. The zero-order valence-corrected chi connectivity index (χ0v) is 9.10. The summed E-state index contributed by atoms with van der Waals surface area (Å²) < 4.78 is 4.91. The first-order valence-corrected chi connectivity index (χ1v) is 5.10. The van der Waals surface area contributed by atoms with Crippen molar-refractivity contribution in [3.05, 3.63) is 0 Å². The second-order valence-corrected chi connectivity index (χ2v) is 3.50. The third-order valence-electron chi connectivity index (χ3n) is 2.31. The van der Waals surface area contributed by atoms with E-state index in [9.17, 15) is 5.11 Å². The number of hydrogen-bond acceptors (Lipinski definition) is 3. The Kier molecular flexibility index (Phi) is 7.23. The Morgan fingerprint density at radius 3 is 2.54 bits per heavy atom. The number of rotatable bonds is 8. The van der Waals surface area contributed by atoms with Gasteiger partial charge in [0, 0.05) is 20.2 Å². The first-order valence-electron chi connectivity index (χ1n) is 5.10. The molecule has 0 rings (SSSR count). The molecule has 2 N–H and O–H groups in total. The molecule has 0 aliphatic carbocycles. The van der Waals surface area contributed by atoms with Crippen molar-refractivity contribution in [1.82, 2.24) is 5.32 Å². The quantitative estimate of drug-likeness (QED) is 0.563. The molecule has 0 fully saturated rings. The van der Waals surface area contributed by atoms with Gasteiger partial charge in [-0.15, -0.1) is 0 Å². The first-order chi connectivity index (χ1) is 6.18. The minimum absolute atomic E-state index is 0.525. The van der Waals surface area contributed by atoms with Crippen LogP contribution in [-0.4, -0.2) is 37.5 Å². The van der Waals surface area contributed by atoms with E-state index in [2.05, 4.69) is 12.2 Å². The molecule has 0 aliphatic rings. The Balaban J connectivity index is 3.57. The molecule has 1 unspecified atom stereocenters. The molecule has 80 valence electrons. The van der Waals surface area contributed by atoms with Crippen molar-refractivity contribution in [3.8, 4) is 0 Å². The molecule has 0 aromatic carbocycles. The van der Waals surface area contributed by atoms with E-state index in [4.69, 9.17) is 4.74 Å². The molecule has 1 atom stereocenters. The summed E-state index contributed by atoms with van der Waals surface area (Å²) >= 11 is 0. The predicted molar refractivity (Wildman–Crippen MR) is 54.9 cm³/mol. The fourth-order valence-electron chi connectivity index (χ4n) is 1.35. The number of hydrogen-bond donors (Lipinski definition) is 2. The predicted octanol–water partition coefficient (Wildman–Crippen LogP) is 1.16. The van der Waals surface area contributed by atoms with Gasteiger partial charge in [-0.05, 0) is 12.8 Å². The van der Waals surface area contributed by atoms with Crippen molar-refractivity contribution < 1.29 is 9.84 Å². The summed E-state index contributed by atoms with van der Waals surface area (Å²) in [6.07, 6.45) is 2.70. The van der Waals surface area contributed by atoms with Crippen LogP contribution in [-0.2, 0) is 4.74 Å². The molecule has 0 saturated heterocycles. The van der Waals surface area contributed by atoms with Gasteiger partial charge in [0.1, 0.15) is 0 Å². The lowest BCUT2D eigenvalue weighted by Gasteiger charge is -2.26. The van der Waals surface area contributed by atoms with Crippen LogP contribution in [0.25, 0.3) is 0 Å². The van der Waals surface area contributed by atoms with Gasteiger partial charge in [0.05, 0.1) is 12.2 Å². The summed E-state index contributed by atoms with van der Waals surface area (Å²) in [6, 6.07) is 0. The van der Waals surface area contributed by atoms with Gasteiger partial charge in [-0.1, -0.05) is 20.3 Å². The van der Waals surface area contributed by atoms with Crippen LogP contribution in [0.15, 0.2) is 0 Å². The summed E-state index contributed by atoms with van der Waals surface area (Å²) in [7, 11) is 1.68. The summed E-state index contributed by atoms with van der Waals surface area (Å²) in [5.41, 5.74) is -0.525. The van der Waals surface area contributed by atoms with Crippen molar-refractivity contribution in [1.29, 1.82) is 0 Å². The molecule has 0 spiro atoms. The molecule has 0 aromatic heterocycles. The lowest BCUT2D eigenvalue weighted by Crippen LogP contribution is -2.41. The van der Waals surface area contributed by atoms with Crippen molar-refractivity contribution in [2.45, 2.75) is 38.7 Å². The molecule has 0 bridgehead atoms. The highest BCUT2D eigenvalue weighted by Crippen LogP contribution is 2.15. The summed E-state index contributed by atoms with van der Waals surface area (Å²) in [6.45, 7) is 6.29. The van der Waals surface area contributed by atoms with Crippen molar-refractivity contribution in [2.24, 2.45) is 0 Å². The maximum absolute atomic E-state index is 10.0. The molecule has 0 heterocycles. The van der Waals surface area contributed by atoms with Gasteiger partial charge in [0.25, 0.3) is 0 Å². The highest BCUT2D eigenvalue weighted by atomic mass is 16.5. The monoisotopic (exact) mass is 189 g/mol. The van der Waals surface area contributed by atoms with Gasteiger partial charge in [0.2, 0.25) is 0 Å². The van der Waals surface area contributed by atoms with Crippen LogP contribution in [0.4, 0.5) is 0 Å². The van der Waals surface area contributed by atoms with Crippen LogP contribution < -0.4 is 5.32 Å². The van der Waals surface area contributed by atoms with E-state index in [0.29, 0.717) is 13.2 Å². The SMILES string of the molecule is CCCC(O)(CC)CNCCOC. The Labute approximate surface area is 81.5 Å². The van der Waals surface area contributed by atoms with Gasteiger partial charge in [-0.2, -0.15) is 0 Å². The molecule has 0 saturated carbocycles. The number of methoxy groups -OCH3 is 1. The van der Waals surface area contributed by atoms with E-state index in [0.717, 1.165) is 25.8 Å². The molecule has 0 aromatic rings. The Hall–Kier alpha value is -0.120. The van der Waals surface area contributed by atoms with Crippen LogP contribution in [0.1, 0.15) is 33.1 Å². The Morgan fingerprint density at radius 2 is 2.08 bits per heavy atom. The fourth-order valence-corrected chi connectivity index (χ4v) is 1.35. The summed E-state index contributed by atoms with van der Waals surface area (Å²) in [5.74, 6) is 0. The van der Waals surface area contributed by atoms with E-state index in [-0.39, 0.29) is 0 Å². The zero-order valence-electron chi connectivity index (χ0n) is 9.10. The minimum atomic E-state index is -0.525. The molecule has 3 nitrogen and oxygen atoms in total. The molecule has 3 heteroatoms. The largest absolute Gasteiger partial charge is 0.389 e. The van der Waals surface area contributed by atoms with E-state index in [1.807, 2.05) is 6.92 Å². The van der Waals surface area contributed by atoms with Crippen molar-refractivity contribution >= 4 is 0 Å². The lowest BCUT2D eigenvalue weighted by molar-refractivity contribution is 0.0258. The van der Waals surface area contributed by atoms with Crippen LogP contribution in [0.3, 0.4) is 0 Å². The standard InChI is InChI=1S/C10H23NO2/c1-4-6-10(12,5-2)9-11-7-8-13-3/h11-12H,4-9H2,1-3H3. The van der Waals surface area contributed by atoms with Crippen LogP contribution in [0, 0.1) is 0 Å². The van der Waals surface area contributed by atoms with Crippen LogP contribution >= 0.6 is 0 Å². The Morgan fingerprint density at radius 1 is 1.38 bits per heavy atom. The van der Waals surface area contributed by atoms with Gasteiger partial charge >= 0.3 is 0 Å². The molecular formula is C10H23NO2. The topological polar surface area (TPSA) is 41.5 Å². The number of nitrogens with one attached hydrogen (secondary N) is 1. The third kappa shape index (κ3) is 6.02. The molecular weight excluding hydrogens is 166 g/mol. The van der Waals surface area contributed by atoms with Crippen LogP contribution in [0.5, 0.6) is 0 Å². The maximum Gasteiger partial charge on any atom is 0.0768 e. The highest BCUT2D eigenvalue weighted by molar-refractivity contribution is 4.78. The van der Waals surface area contributed by atoms with Gasteiger partial charge < -0.3 is 15.2 Å². The summed E-state index contributed by atoms with van der Waals surface area (Å²) in [4.78, 5) is 0. The number of ether oxygens (including phenoxy) is 1. The molecule has 0 radical (unpaired) electrons. The van der Waals surface area contributed by atoms with E-state index < -0.39 is 5.60 Å².